The summed E-state index contributed by atoms with van der Waals surface area (Å²) in [7, 11) is 0. The normalized spacial score (nSPS) is 11.1. The van der Waals surface area contributed by atoms with E-state index < -0.39 is 5.82 Å². The fourth-order valence-electron chi connectivity index (χ4n) is 3.00. The largest absolute Gasteiger partial charge is 0.282 e. The van der Waals surface area contributed by atoms with E-state index in [-0.39, 0.29) is 18.0 Å². The summed E-state index contributed by atoms with van der Waals surface area (Å²) in [5.74, 6) is -0.568. The van der Waals surface area contributed by atoms with E-state index in [0.29, 0.717) is 16.4 Å². The van der Waals surface area contributed by atoms with Gasteiger partial charge in [-0.25, -0.2) is 9.37 Å². The minimum Gasteiger partial charge on any atom is -0.282 e. The number of carbonyl (C=O) groups excluding carboxylic acids is 1. The fourth-order valence-corrected chi connectivity index (χ4v) is 4.00. The third-order valence-corrected chi connectivity index (χ3v) is 5.39. The number of halogens is 1. The summed E-state index contributed by atoms with van der Waals surface area (Å²) < 4.78 is 16.5. The van der Waals surface area contributed by atoms with Gasteiger partial charge in [0.25, 0.3) is 5.91 Å². The van der Waals surface area contributed by atoms with Crippen LogP contribution in [0.25, 0.3) is 10.2 Å². The van der Waals surface area contributed by atoms with Gasteiger partial charge in [-0.2, -0.15) is 5.10 Å². The molecule has 0 bridgehead atoms. The second-order valence-corrected chi connectivity index (χ2v) is 7.52. The number of fused-ring (bicyclic) bond motifs is 1. The first kappa shape index (κ1) is 18.2. The summed E-state index contributed by atoms with van der Waals surface area (Å²) in [5, 5.41) is 4.82. The van der Waals surface area contributed by atoms with Crippen molar-refractivity contribution in [1.82, 2.24) is 19.7 Å². The predicted molar refractivity (Wildman–Crippen MR) is 107 cm³/mol. The maximum atomic E-state index is 14.1. The maximum absolute atomic E-state index is 14.1. The topological polar surface area (TPSA) is 63.9 Å². The van der Waals surface area contributed by atoms with Crippen LogP contribution in [0.1, 0.15) is 17.0 Å². The molecule has 3 heterocycles. The van der Waals surface area contributed by atoms with Gasteiger partial charge in [-0.1, -0.05) is 23.5 Å². The molecule has 0 fully saturated rings. The van der Waals surface area contributed by atoms with E-state index in [1.807, 2.05) is 32.0 Å². The lowest BCUT2D eigenvalue weighted by Gasteiger charge is -2.20. The number of nitrogens with zero attached hydrogens (tertiary/aromatic N) is 5. The number of benzene rings is 1. The van der Waals surface area contributed by atoms with Gasteiger partial charge in [0.15, 0.2) is 5.13 Å². The van der Waals surface area contributed by atoms with Gasteiger partial charge in [0, 0.05) is 18.1 Å². The Morgan fingerprint density at radius 2 is 2.11 bits per heavy atom. The predicted octanol–water partition coefficient (Wildman–Crippen LogP) is 3.88. The number of pyridine rings is 1. The minimum absolute atomic E-state index is 0.0817. The van der Waals surface area contributed by atoms with Gasteiger partial charge in [-0.15, -0.1) is 0 Å². The quantitative estimate of drug-likeness (QED) is 0.514. The lowest BCUT2D eigenvalue weighted by molar-refractivity contribution is -0.119. The second-order valence-electron chi connectivity index (χ2n) is 6.51. The number of thiazole rings is 1. The van der Waals surface area contributed by atoms with Gasteiger partial charge in [0.1, 0.15) is 17.9 Å². The van der Waals surface area contributed by atoms with Crippen LogP contribution in [-0.4, -0.2) is 25.7 Å². The lowest BCUT2D eigenvalue weighted by Crippen LogP contribution is -2.34. The fraction of sp³-hybridized carbons (Fsp3) is 0.200. The summed E-state index contributed by atoms with van der Waals surface area (Å²) in [4.78, 5) is 23.2. The van der Waals surface area contributed by atoms with Crippen LogP contribution >= 0.6 is 11.3 Å². The van der Waals surface area contributed by atoms with Gasteiger partial charge in [-0.05, 0) is 43.7 Å². The highest BCUT2D eigenvalue weighted by Crippen LogP contribution is 2.31. The number of para-hydroxylation sites is 1. The lowest BCUT2D eigenvalue weighted by atomic mass is 10.2. The van der Waals surface area contributed by atoms with E-state index in [0.717, 1.165) is 17.0 Å². The molecule has 0 saturated heterocycles. The molecule has 0 aliphatic heterocycles. The molecule has 0 unspecified atom stereocenters. The number of anilines is 1. The zero-order chi connectivity index (χ0) is 19.7. The second kappa shape index (κ2) is 7.47. The summed E-state index contributed by atoms with van der Waals surface area (Å²) in [6, 6.07) is 10.4. The number of rotatable bonds is 5. The maximum Gasteiger partial charge on any atom is 0.250 e. The van der Waals surface area contributed by atoms with Crippen molar-refractivity contribution in [3.63, 3.8) is 0 Å². The van der Waals surface area contributed by atoms with Crippen LogP contribution in [0.2, 0.25) is 0 Å². The van der Waals surface area contributed by atoms with Crippen LogP contribution in [-0.2, 0) is 17.9 Å². The highest BCUT2D eigenvalue weighted by molar-refractivity contribution is 7.22. The van der Waals surface area contributed by atoms with Crippen molar-refractivity contribution in [1.29, 1.82) is 0 Å². The van der Waals surface area contributed by atoms with Crippen molar-refractivity contribution in [2.24, 2.45) is 0 Å². The van der Waals surface area contributed by atoms with Gasteiger partial charge in [0.05, 0.1) is 16.9 Å². The average Bonchev–Trinajstić information content (AvgIpc) is 3.24. The third kappa shape index (κ3) is 3.63. The van der Waals surface area contributed by atoms with Crippen molar-refractivity contribution in [2.45, 2.75) is 26.9 Å². The molecule has 4 aromatic rings. The highest BCUT2D eigenvalue weighted by Gasteiger charge is 2.22. The Morgan fingerprint density at radius 3 is 2.79 bits per heavy atom. The molecule has 8 heteroatoms. The number of aromatic nitrogens is 4. The summed E-state index contributed by atoms with van der Waals surface area (Å²) in [6.07, 6.45) is 3.39. The first-order chi connectivity index (χ1) is 13.5. The van der Waals surface area contributed by atoms with Crippen LogP contribution in [0.15, 0.2) is 48.8 Å². The Balaban J connectivity index is 1.71. The first-order valence-corrected chi connectivity index (χ1v) is 9.58. The standard InChI is InChI=1S/C20H18FN5OS/c1-13-9-14(2)26(24-13)12-18(27)25(11-15-5-4-8-22-10-15)20-23-19-16(21)6-3-7-17(19)28-20/h3-10H,11-12H2,1-2H3. The minimum atomic E-state index is -0.396. The molecule has 1 aromatic carbocycles. The van der Waals surface area contributed by atoms with Gasteiger partial charge < -0.3 is 0 Å². The number of amides is 1. The molecule has 0 atom stereocenters. The van der Waals surface area contributed by atoms with Crippen molar-refractivity contribution in [2.75, 3.05) is 4.90 Å². The monoisotopic (exact) mass is 395 g/mol. The average molecular weight is 395 g/mol. The molecule has 6 nitrogen and oxygen atoms in total. The Morgan fingerprint density at radius 1 is 1.25 bits per heavy atom. The van der Waals surface area contributed by atoms with Gasteiger partial charge in [-0.3, -0.25) is 19.4 Å². The summed E-state index contributed by atoms with van der Waals surface area (Å²) in [5.41, 5.74) is 2.90. The Labute approximate surface area is 165 Å². The molecule has 1 amide bonds. The van der Waals surface area contributed by atoms with E-state index in [1.165, 1.54) is 17.4 Å². The van der Waals surface area contributed by atoms with Crippen LogP contribution in [0.3, 0.4) is 0 Å². The molecular formula is C20H18FN5OS. The van der Waals surface area contributed by atoms with Crippen molar-refractivity contribution in [3.05, 3.63) is 71.6 Å². The molecule has 28 heavy (non-hydrogen) atoms. The van der Waals surface area contributed by atoms with Crippen molar-refractivity contribution >= 4 is 32.6 Å². The van der Waals surface area contributed by atoms with E-state index in [9.17, 15) is 9.18 Å². The van der Waals surface area contributed by atoms with E-state index in [4.69, 9.17) is 0 Å². The molecule has 0 N–H and O–H groups in total. The van der Waals surface area contributed by atoms with E-state index in [1.54, 1.807) is 34.1 Å². The Hall–Kier alpha value is -3.13. The molecule has 142 valence electrons. The van der Waals surface area contributed by atoms with Crippen LogP contribution in [0, 0.1) is 19.7 Å². The zero-order valence-corrected chi connectivity index (χ0v) is 16.3. The Kier molecular flexibility index (Phi) is 4.87. The highest BCUT2D eigenvalue weighted by atomic mass is 32.1. The van der Waals surface area contributed by atoms with E-state index in [2.05, 4.69) is 15.1 Å². The van der Waals surface area contributed by atoms with Crippen LogP contribution in [0.5, 0.6) is 0 Å². The zero-order valence-electron chi connectivity index (χ0n) is 15.5. The molecule has 0 aliphatic carbocycles. The number of hydrogen-bond acceptors (Lipinski definition) is 5. The van der Waals surface area contributed by atoms with Crippen molar-refractivity contribution < 1.29 is 9.18 Å². The first-order valence-electron chi connectivity index (χ1n) is 8.76. The molecule has 0 saturated carbocycles. The summed E-state index contributed by atoms with van der Waals surface area (Å²) >= 11 is 1.29. The molecule has 0 spiro atoms. The van der Waals surface area contributed by atoms with E-state index >= 15 is 0 Å². The van der Waals surface area contributed by atoms with Gasteiger partial charge in [0.2, 0.25) is 0 Å². The molecule has 0 radical (unpaired) electrons. The smallest absolute Gasteiger partial charge is 0.250 e. The van der Waals surface area contributed by atoms with Gasteiger partial charge >= 0.3 is 0 Å². The molecule has 0 aliphatic rings. The molecular weight excluding hydrogens is 377 g/mol. The SMILES string of the molecule is Cc1cc(C)n(CC(=O)N(Cc2cccnc2)c2nc3c(F)cccc3s2)n1. The molecule has 3 aromatic heterocycles. The number of carbonyl (C=O) groups is 1. The van der Waals surface area contributed by atoms with Crippen molar-refractivity contribution in [3.8, 4) is 0 Å². The Bertz CT molecular complexity index is 1140. The molecule has 4 rings (SSSR count). The number of aryl methyl sites for hydroxylation is 2. The number of hydrogen-bond donors (Lipinski definition) is 0. The van der Waals surface area contributed by atoms with Crippen LogP contribution < -0.4 is 4.90 Å². The third-order valence-electron chi connectivity index (χ3n) is 4.34. The summed E-state index contributed by atoms with van der Waals surface area (Å²) in [6.45, 7) is 4.18. The van der Waals surface area contributed by atoms with Crippen LogP contribution in [0.4, 0.5) is 9.52 Å².